The Hall–Kier alpha value is -0.610. The Bertz CT molecular complexity index is 227. The Morgan fingerprint density at radius 3 is 2.53 bits per heavy atom. The molecule has 1 N–H and O–H groups in total. The first-order valence-corrected chi connectivity index (χ1v) is 5.94. The summed E-state index contributed by atoms with van der Waals surface area (Å²) in [5.74, 6) is 0.111. The van der Waals surface area contributed by atoms with E-state index in [0.717, 1.165) is 13.1 Å². The van der Waals surface area contributed by atoms with Crippen LogP contribution in [0.3, 0.4) is 0 Å². The Balaban J connectivity index is 1.70. The number of aliphatic hydroxyl groups is 1. The molecule has 0 radical (unpaired) electrons. The van der Waals surface area contributed by atoms with Gasteiger partial charge in [0.25, 0.3) is 0 Å². The highest BCUT2D eigenvalue weighted by Crippen LogP contribution is 2.12. The summed E-state index contributed by atoms with van der Waals surface area (Å²) >= 11 is 0. The molecule has 4 nitrogen and oxygen atoms in total. The van der Waals surface area contributed by atoms with E-state index in [9.17, 15) is 9.90 Å². The van der Waals surface area contributed by atoms with Crippen LogP contribution in [0.2, 0.25) is 0 Å². The summed E-state index contributed by atoms with van der Waals surface area (Å²) in [5, 5.41) is 9.33. The molecule has 4 heteroatoms. The maximum atomic E-state index is 11.4. The third-order valence-corrected chi connectivity index (χ3v) is 3.33. The minimum Gasteiger partial charge on any atom is -0.391 e. The molecule has 0 aromatic rings. The fourth-order valence-electron chi connectivity index (χ4n) is 2.41. The maximum Gasteiger partial charge on any atom is 0.225 e. The molecule has 0 bridgehead atoms. The number of rotatable bonds is 3. The molecule has 2 rings (SSSR count). The van der Waals surface area contributed by atoms with Crippen LogP contribution in [0.25, 0.3) is 0 Å². The molecule has 2 fully saturated rings. The first-order chi connectivity index (χ1) is 7.25. The molecule has 1 amide bonds. The van der Waals surface area contributed by atoms with E-state index < -0.39 is 6.10 Å². The molecular formula is C11H20N2O2. The zero-order chi connectivity index (χ0) is 10.7. The number of carbonyl (C=O) groups excluding carboxylic acids is 1. The van der Waals surface area contributed by atoms with Crippen LogP contribution in [-0.4, -0.2) is 59.6 Å². The first-order valence-electron chi connectivity index (χ1n) is 5.94. The van der Waals surface area contributed by atoms with E-state index in [1.807, 2.05) is 0 Å². The van der Waals surface area contributed by atoms with Gasteiger partial charge in [-0.3, -0.25) is 4.79 Å². The van der Waals surface area contributed by atoms with Gasteiger partial charge in [0, 0.05) is 19.6 Å². The van der Waals surface area contributed by atoms with Gasteiger partial charge in [0.1, 0.15) is 0 Å². The number of β-amino-alcohol motifs (C(OH)–C–C–N with tert-alkyl or cyclic N) is 1. The molecule has 1 atom stereocenters. The van der Waals surface area contributed by atoms with Crippen molar-refractivity contribution in [2.75, 3.05) is 32.7 Å². The molecule has 0 aromatic heterocycles. The van der Waals surface area contributed by atoms with Gasteiger partial charge in [-0.05, 0) is 25.9 Å². The zero-order valence-electron chi connectivity index (χ0n) is 9.19. The number of hydrogen-bond donors (Lipinski definition) is 1. The molecule has 2 aliphatic rings. The smallest absolute Gasteiger partial charge is 0.225 e. The lowest BCUT2D eigenvalue weighted by Crippen LogP contribution is -2.38. The average molecular weight is 212 g/mol. The molecule has 2 heterocycles. The minimum atomic E-state index is -0.432. The van der Waals surface area contributed by atoms with Gasteiger partial charge in [-0.1, -0.05) is 6.42 Å². The molecule has 0 spiro atoms. The topological polar surface area (TPSA) is 43.8 Å². The highest BCUT2D eigenvalue weighted by atomic mass is 16.3. The maximum absolute atomic E-state index is 11.4. The number of carbonyl (C=O) groups is 1. The van der Waals surface area contributed by atoms with Crippen molar-refractivity contribution < 1.29 is 9.90 Å². The quantitative estimate of drug-likeness (QED) is 0.720. The van der Waals surface area contributed by atoms with Crippen LogP contribution in [0, 0.1) is 0 Å². The van der Waals surface area contributed by atoms with Gasteiger partial charge in [0.2, 0.25) is 5.91 Å². The standard InChI is InChI=1S/C11H20N2O2/c14-10-8-11(15)13(9-10)7-6-12-4-2-1-3-5-12/h10,14H,1-9H2. The van der Waals surface area contributed by atoms with E-state index in [0.29, 0.717) is 13.0 Å². The van der Waals surface area contributed by atoms with E-state index in [4.69, 9.17) is 0 Å². The number of aliphatic hydroxyl groups excluding tert-OH is 1. The van der Waals surface area contributed by atoms with Crippen LogP contribution < -0.4 is 0 Å². The van der Waals surface area contributed by atoms with Crippen molar-refractivity contribution in [1.82, 2.24) is 9.80 Å². The van der Waals surface area contributed by atoms with Gasteiger partial charge >= 0.3 is 0 Å². The van der Waals surface area contributed by atoms with E-state index in [1.54, 1.807) is 4.90 Å². The number of nitrogens with zero attached hydrogens (tertiary/aromatic N) is 2. The van der Waals surface area contributed by atoms with Gasteiger partial charge in [0.05, 0.1) is 12.5 Å². The average Bonchev–Trinajstić information content (AvgIpc) is 2.56. The number of hydrogen-bond acceptors (Lipinski definition) is 3. The predicted molar refractivity (Wildman–Crippen MR) is 57.5 cm³/mol. The van der Waals surface area contributed by atoms with Gasteiger partial charge in [-0.2, -0.15) is 0 Å². The van der Waals surface area contributed by atoms with Crippen LogP contribution >= 0.6 is 0 Å². The minimum absolute atomic E-state index is 0.111. The lowest BCUT2D eigenvalue weighted by atomic mass is 10.1. The fourth-order valence-corrected chi connectivity index (χ4v) is 2.41. The second-order valence-electron chi connectivity index (χ2n) is 4.60. The molecule has 15 heavy (non-hydrogen) atoms. The van der Waals surface area contributed by atoms with E-state index in [1.165, 1.54) is 32.4 Å². The van der Waals surface area contributed by atoms with Crippen molar-refractivity contribution in [3.8, 4) is 0 Å². The van der Waals surface area contributed by atoms with E-state index in [-0.39, 0.29) is 5.91 Å². The Morgan fingerprint density at radius 2 is 1.93 bits per heavy atom. The number of amides is 1. The lowest BCUT2D eigenvalue weighted by Gasteiger charge is -2.28. The van der Waals surface area contributed by atoms with Crippen LogP contribution in [0.4, 0.5) is 0 Å². The number of likely N-dealkylation sites (tertiary alicyclic amines) is 2. The Kier molecular flexibility index (Phi) is 3.59. The highest BCUT2D eigenvalue weighted by Gasteiger charge is 2.27. The largest absolute Gasteiger partial charge is 0.391 e. The van der Waals surface area contributed by atoms with Crippen LogP contribution in [0.5, 0.6) is 0 Å². The van der Waals surface area contributed by atoms with Crippen LogP contribution in [0.15, 0.2) is 0 Å². The van der Waals surface area contributed by atoms with Crippen molar-refractivity contribution in [3.05, 3.63) is 0 Å². The van der Waals surface area contributed by atoms with Gasteiger partial charge in [0.15, 0.2) is 0 Å². The Labute approximate surface area is 90.9 Å². The zero-order valence-corrected chi connectivity index (χ0v) is 9.19. The second kappa shape index (κ2) is 4.94. The third kappa shape index (κ3) is 2.92. The molecule has 0 aromatic carbocycles. The summed E-state index contributed by atoms with van der Waals surface area (Å²) in [6.07, 6.45) is 3.81. The van der Waals surface area contributed by atoms with Crippen molar-refractivity contribution >= 4 is 5.91 Å². The van der Waals surface area contributed by atoms with Gasteiger partial charge in [-0.15, -0.1) is 0 Å². The Morgan fingerprint density at radius 1 is 1.20 bits per heavy atom. The second-order valence-corrected chi connectivity index (χ2v) is 4.60. The lowest BCUT2D eigenvalue weighted by molar-refractivity contribution is -0.128. The normalized spacial score (nSPS) is 28.7. The van der Waals surface area contributed by atoms with Gasteiger partial charge in [-0.25, -0.2) is 0 Å². The molecule has 0 aliphatic carbocycles. The predicted octanol–water partition coefficient (Wildman–Crippen LogP) is 0.0655. The van der Waals surface area contributed by atoms with Gasteiger partial charge < -0.3 is 14.9 Å². The summed E-state index contributed by atoms with van der Waals surface area (Å²) < 4.78 is 0. The number of piperidine rings is 1. The molecule has 0 saturated carbocycles. The summed E-state index contributed by atoms with van der Waals surface area (Å²) in [6.45, 7) is 4.64. The fraction of sp³-hybridized carbons (Fsp3) is 0.909. The van der Waals surface area contributed by atoms with Crippen LogP contribution in [0.1, 0.15) is 25.7 Å². The monoisotopic (exact) mass is 212 g/mol. The molecule has 1 unspecified atom stereocenters. The molecule has 2 saturated heterocycles. The summed E-state index contributed by atoms with van der Waals surface area (Å²) in [6, 6.07) is 0. The molecule has 86 valence electrons. The summed E-state index contributed by atoms with van der Waals surface area (Å²) in [5.41, 5.74) is 0. The van der Waals surface area contributed by atoms with Crippen LogP contribution in [-0.2, 0) is 4.79 Å². The molecule has 2 aliphatic heterocycles. The van der Waals surface area contributed by atoms with Crippen molar-refractivity contribution in [2.45, 2.75) is 31.8 Å². The third-order valence-electron chi connectivity index (χ3n) is 3.33. The van der Waals surface area contributed by atoms with Crippen molar-refractivity contribution in [1.29, 1.82) is 0 Å². The first kappa shape index (κ1) is 10.9. The summed E-state index contributed by atoms with van der Waals surface area (Å²) in [7, 11) is 0. The van der Waals surface area contributed by atoms with Crippen molar-refractivity contribution in [3.63, 3.8) is 0 Å². The SMILES string of the molecule is O=C1CC(O)CN1CCN1CCCCC1. The van der Waals surface area contributed by atoms with E-state index in [2.05, 4.69) is 4.90 Å². The molecular weight excluding hydrogens is 192 g/mol. The van der Waals surface area contributed by atoms with E-state index >= 15 is 0 Å². The van der Waals surface area contributed by atoms with Crippen molar-refractivity contribution in [2.24, 2.45) is 0 Å². The highest BCUT2D eigenvalue weighted by molar-refractivity contribution is 5.78. The summed E-state index contributed by atoms with van der Waals surface area (Å²) in [4.78, 5) is 15.6.